The molecule has 1 aromatic heterocycles. The monoisotopic (exact) mass is 202 g/mol. The van der Waals surface area contributed by atoms with E-state index in [4.69, 9.17) is 11.5 Å². The lowest BCUT2D eigenvalue weighted by molar-refractivity contribution is 0.947. The first-order valence-corrected chi connectivity index (χ1v) is 4.77. The molecule has 0 unspecified atom stereocenters. The molecule has 4 nitrogen and oxygen atoms in total. The van der Waals surface area contributed by atoms with E-state index in [0.717, 1.165) is 5.56 Å². The quantitative estimate of drug-likeness (QED) is 0.562. The summed E-state index contributed by atoms with van der Waals surface area (Å²) in [7, 11) is 2.02. The van der Waals surface area contributed by atoms with Crippen LogP contribution in [0, 0.1) is 0 Å². The molecule has 0 saturated heterocycles. The smallest absolute Gasteiger partial charge is 0.186 e. The summed E-state index contributed by atoms with van der Waals surface area (Å²) in [6.07, 6.45) is 2.05. The molecule has 78 valence electrons. The van der Waals surface area contributed by atoms with Gasteiger partial charge in [0, 0.05) is 24.1 Å². The molecule has 0 aliphatic heterocycles. The van der Waals surface area contributed by atoms with Crippen molar-refractivity contribution >= 4 is 16.9 Å². The van der Waals surface area contributed by atoms with E-state index in [0.29, 0.717) is 6.54 Å². The van der Waals surface area contributed by atoms with E-state index < -0.39 is 0 Å². The molecule has 1 heterocycles. The highest BCUT2D eigenvalue weighted by atomic mass is 15.0. The van der Waals surface area contributed by atoms with E-state index in [-0.39, 0.29) is 5.96 Å². The minimum absolute atomic E-state index is 0.128. The van der Waals surface area contributed by atoms with Crippen molar-refractivity contribution in [2.75, 3.05) is 0 Å². The lowest BCUT2D eigenvalue weighted by Gasteiger charge is -1.94. The molecule has 4 N–H and O–H groups in total. The zero-order valence-electron chi connectivity index (χ0n) is 8.64. The van der Waals surface area contributed by atoms with Crippen LogP contribution < -0.4 is 11.5 Å². The van der Waals surface area contributed by atoms with Gasteiger partial charge in [-0.25, -0.2) is 4.99 Å². The standard InChI is InChI=1S/C11H14N4/c1-15-7-8(6-14-11(12)13)9-4-2-3-5-10(9)15/h2-5,7H,6H2,1H3,(H4,12,13,14). The van der Waals surface area contributed by atoms with Gasteiger partial charge in [0.25, 0.3) is 0 Å². The number of nitrogens with zero attached hydrogens (tertiary/aromatic N) is 2. The van der Waals surface area contributed by atoms with Gasteiger partial charge in [-0.05, 0) is 11.6 Å². The molecule has 15 heavy (non-hydrogen) atoms. The summed E-state index contributed by atoms with van der Waals surface area (Å²) in [5, 5.41) is 1.20. The molecule has 2 rings (SSSR count). The summed E-state index contributed by atoms with van der Waals surface area (Å²) in [6.45, 7) is 0.531. The molecule has 1 aromatic carbocycles. The third-order valence-electron chi connectivity index (χ3n) is 2.41. The zero-order valence-corrected chi connectivity index (χ0v) is 8.64. The number of hydrogen-bond donors (Lipinski definition) is 2. The maximum atomic E-state index is 5.31. The van der Waals surface area contributed by atoms with Gasteiger partial charge in [0.05, 0.1) is 6.54 Å². The van der Waals surface area contributed by atoms with Gasteiger partial charge in [0.15, 0.2) is 5.96 Å². The van der Waals surface area contributed by atoms with Gasteiger partial charge >= 0.3 is 0 Å². The molecule has 0 atom stereocenters. The third-order valence-corrected chi connectivity index (χ3v) is 2.41. The van der Waals surface area contributed by atoms with E-state index in [1.807, 2.05) is 19.2 Å². The summed E-state index contributed by atoms with van der Waals surface area (Å²) in [5.41, 5.74) is 13.0. The van der Waals surface area contributed by atoms with Crippen LogP contribution in [0.2, 0.25) is 0 Å². The second-order valence-electron chi connectivity index (χ2n) is 3.52. The van der Waals surface area contributed by atoms with Gasteiger partial charge in [0.2, 0.25) is 0 Å². The fourth-order valence-electron chi connectivity index (χ4n) is 1.73. The van der Waals surface area contributed by atoms with Gasteiger partial charge in [-0.1, -0.05) is 18.2 Å². The van der Waals surface area contributed by atoms with Gasteiger partial charge in [-0.3, -0.25) is 0 Å². The van der Waals surface area contributed by atoms with Crippen LogP contribution in [0.1, 0.15) is 5.56 Å². The lowest BCUT2D eigenvalue weighted by Crippen LogP contribution is -2.22. The molecule has 0 bridgehead atoms. The van der Waals surface area contributed by atoms with Gasteiger partial charge in [-0.15, -0.1) is 0 Å². The number of guanidine groups is 1. The molecule has 2 aromatic rings. The van der Waals surface area contributed by atoms with E-state index >= 15 is 0 Å². The molecule has 0 spiro atoms. The Morgan fingerprint density at radius 2 is 2.07 bits per heavy atom. The van der Waals surface area contributed by atoms with Gasteiger partial charge in [0.1, 0.15) is 0 Å². The highest BCUT2D eigenvalue weighted by molar-refractivity contribution is 5.84. The second kappa shape index (κ2) is 3.65. The summed E-state index contributed by atoms with van der Waals surface area (Å²) in [4.78, 5) is 4.02. The SMILES string of the molecule is Cn1cc(CN=C(N)N)c2ccccc21. The average molecular weight is 202 g/mol. The predicted molar refractivity (Wildman–Crippen MR) is 62.4 cm³/mol. The van der Waals surface area contributed by atoms with Crippen LogP contribution in [0.5, 0.6) is 0 Å². The summed E-state index contributed by atoms with van der Waals surface area (Å²) in [6, 6.07) is 8.19. The first-order chi connectivity index (χ1) is 7.18. The molecular weight excluding hydrogens is 188 g/mol. The minimum atomic E-state index is 0.128. The Hall–Kier alpha value is -1.97. The van der Waals surface area contributed by atoms with E-state index in [1.165, 1.54) is 10.9 Å². The number of para-hydroxylation sites is 1. The van der Waals surface area contributed by atoms with Crippen molar-refractivity contribution in [1.82, 2.24) is 4.57 Å². The third kappa shape index (κ3) is 1.79. The van der Waals surface area contributed by atoms with Crippen molar-refractivity contribution in [3.8, 4) is 0 Å². The molecule has 0 radical (unpaired) electrons. The Kier molecular flexibility index (Phi) is 2.33. The highest BCUT2D eigenvalue weighted by Crippen LogP contribution is 2.20. The van der Waals surface area contributed by atoms with E-state index in [9.17, 15) is 0 Å². The summed E-state index contributed by atoms with van der Waals surface area (Å²) in [5.74, 6) is 0.128. The first kappa shape index (κ1) is 9.58. The summed E-state index contributed by atoms with van der Waals surface area (Å²) < 4.78 is 2.08. The average Bonchev–Trinajstić information content (AvgIpc) is 2.54. The number of rotatable bonds is 2. The van der Waals surface area contributed by atoms with Crippen LogP contribution in [-0.2, 0) is 13.6 Å². The Labute approximate surface area is 88.2 Å². The van der Waals surface area contributed by atoms with E-state index in [2.05, 4.69) is 27.9 Å². The molecule has 0 amide bonds. The van der Waals surface area contributed by atoms with Crippen molar-refractivity contribution in [2.24, 2.45) is 23.5 Å². The number of hydrogen-bond acceptors (Lipinski definition) is 1. The Morgan fingerprint density at radius 3 is 2.80 bits per heavy atom. The minimum Gasteiger partial charge on any atom is -0.370 e. The molecule has 4 heteroatoms. The van der Waals surface area contributed by atoms with Crippen LogP contribution in [0.4, 0.5) is 0 Å². The molecule has 0 aliphatic carbocycles. The molecule has 0 aliphatic rings. The second-order valence-corrected chi connectivity index (χ2v) is 3.52. The molecule has 0 saturated carbocycles. The van der Waals surface area contributed by atoms with Crippen molar-refractivity contribution in [3.63, 3.8) is 0 Å². The zero-order chi connectivity index (χ0) is 10.8. The Morgan fingerprint density at radius 1 is 1.33 bits per heavy atom. The lowest BCUT2D eigenvalue weighted by atomic mass is 10.2. The van der Waals surface area contributed by atoms with Gasteiger partial charge in [-0.2, -0.15) is 0 Å². The normalized spacial score (nSPS) is 10.5. The first-order valence-electron chi connectivity index (χ1n) is 4.77. The number of fused-ring (bicyclic) bond motifs is 1. The Balaban J connectivity index is 2.48. The van der Waals surface area contributed by atoms with Crippen molar-refractivity contribution in [3.05, 3.63) is 36.0 Å². The maximum Gasteiger partial charge on any atom is 0.186 e. The van der Waals surface area contributed by atoms with Crippen molar-refractivity contribution in [2.45, 2.75) is 6.54 Å². The van der Waals surface area contributed by atoms with Crippen LogP contribution in [0.3, 0.4) is 0 Å². The highest BCUT2D eigenvalue weighted by Gasteiger charge is 2.04. The van der Waals surface area contributed by atoms with Crippen LogP contribution in [-0.4, -0.2) is 10.5 Å². The molecule has 0 fully saturated rings. The fraction of sp³-hybridized carbons (Fsp3) is 0.182. The van der Waals surface area contributed by atoms with Gasteiger partial charge < -0.3 is 16.0 Å². The number of aryl methyl sites for hydroxylation is 1. The topological polar surface area (TPSA) is 69.3 Å². The number of aromatic nitrogens is 1. The number of benzene rings is 1. The number of nitrogens with two attached hydrogens (primary N) is 2. The molecular formula is C11H14N4. The van der Waals surface area contributed by atoms with E-state index in [1.54, 1.807) is 0 Å². The van der Waals surface area contributed by atoms with Crippen LogP contribution in [0.25, 0.3) is 10.9 Å². The number of aliphatic imine (C=N–C) groups is 1. The largest absolute Gasteiger partial charge is 0.370 e. The maximum absolute atomic E-state index is 5.31. The van der Waals surface area contributed by atoms with Crippen LogP contribution in [0.15, 0.2) is 35.5 Å². The fourth-order valence-corrected chi connectivity index (χ4v) is 1.73. The summed E-state index contributed by atoms with van der Waals surface area (Å²) >= 11 is 0. The van der Waals surface area contributed by atoms with Crippen molar-refractivity contribution in [1.29, 1.82) is 0 Å². The van der Waals surface area contributed by atoms with Crippen LogP contribution >= 0.6 is 0 Å². The predicted octanol–water partition coefficient (Wildman–Crippen LogP) is 0.952. The Bertz CT molecular complexity index is 506. The van der Waals surface area contributed by atoms with Crippen molar-refractivity contribution < 1.29 is 0 Å².